The van der Waals surface area contributed by atoms with E-state index in [1.54, 1.807) is 73.7 Å². The van der Waals surface area contributed by atoms with Gasteiger partial charge in [0, 0.05) is 5.69 Å². The molecule has 9 nitrogen and oxygen atoms in total. The number of aromatic carboxylic acids is 1. The number of carboxylic acid groups (broad SMARTS) is 1. The van der Waals surface area contributed by atoms with E-state index < -0.39 is 29.3 Å². The molecule has 1 amide bonds. The van der Waals surface area contributed by atoms with E-state index in [0.717, 1.165) is 11.3 Å². The Morgan fingerprint density at radius 1 is 1.06 bits per heavy atom. The average Bonchev–Trinajstić information content (AvgIpc) is 3.37. The molecule has 0 aliphatic carbocycles. The van der Waals surface area contributed by atoms with Crippen molar-refractivity contribution >= 4 is 46.6 Å². The zero-order chi connectivity index (χ0) is 33.9. The van der Waals surface area contributed by atoms with Gasteiger partial charge >= 0.3 is 5.97 Å². The van der Waals surface area contributed by atoms with E-state index in [9.17, 15) is 23.9 Å². The molecule has 5 aromatic rings. The molecule has 4 aromatic carbocycles. The van der Waals surface area contributed by atoms with Gasteiger partial charge in [0.25, 0.3) is 11.5 Å². The molecule has 0 saturated carbocycles. The molecule has 242 valence electrons. The van der Waals surface area contributed by atoms with Gasteiger partial charge in [-0.2, -0.15) is 0 Å². The van der Waals surface area contributed by atoms with Gasteiger partial charge in [0.1, 0.15) is 12.4 Å². The quantitative estimate of drug-likeness (QED) is 0.198. The van der Waals surface area contributed by atoms with E-state index in [1.165, 1.54) is 35.9 Å². The van der Waals surface area contributed by atoms with Crippen LogP contribution < -0.4 is 29.7 Å². The molecule has 0 bridgehead atoms. The SMILES string of the molecule is COc1cc(/C=c2/sc3n(c2=O)[C@H](c2ccc(F)cc2)C(C(=O)Nc2ccccc2)=C(C)N=3)cc(Cl)c1OCc1cccc(C(=O)O)c1. The van der Waals surface area contributed by atoms with Crippen molar-refractivity contribution in [1.82, 2.24) is 4.57 Å². The van der Waals surface area contributed by atoms with Gasteiger partial charge in [-0.05, 0) is 78.2 Å². The first kappa shape index (κ1) is 32.4. The molecule has 0 radical (unpaired) electrons. The Hall–Kier alpha value is -5.52. The number of halogens is 2. The number of amides is 1. The van der Waals surface area contributed by atoms with Crippen LogP contribution in [0, 0.1) is 5.82 Å². The molecule has 6 rings (SSSR count). The van der Waals surface area contributed by atoms with Gasteiger partial charge in [-0.3, -0.25) is 14.2 Å². The highest BCUT2D eigenvalue weighted by Gasteiger charge is 2.32. The molecule has 48 heavy (non-hydrogen) atoms. The van der Waals surface area contributed by atoms with Gasteiger partial charge in [0.2, 0.25) is 0 Å². The first-order valence-electron chi connectivity index (χ1n) is 14.6. The van der Waals surface area contributed by atoms with Gasteiger partial charge in [-0.15, -0.1) is 0 Å². The molecule has 2 heterocycles. The van der Waals surface area contributed by atoms with Crippen molar-refractivity contribution in [3.05, 3.63) is 155 Å². The Balaban J connectivity index is 1.38. The lowest BCUT2D eigenvalue weighted by atomic mass is 9.95. The fraction of sp³-hybridized carbons (Fsp3) is 0.111. The predicted octanol–water partition coefficient (Wildman–Crippen LogP) is 5.95. The van der Waals surface area contributed by atoms with Crippen molar-refractivity contribution in [2.75, 3.05) is 12.4 Å². The molecule has 0 unspecified atom stereocenters. The minimum Gasteiger partial charge on any atom is -0.493 e. The number of nitrogens with one attached hydrogen (secondary N) is 1. The number of carbonyl (C=O) groups is 2. The van der Waals surface area contributed by atoms with E-state index in [4.69, 9.17) is 21.1 Å². The minimum absolute atomic E-state index is 0.0397. The summed E-state index contributed by atoms with van der Waals surface area (Å²) in [6.45, 7) is 1.74. The maximum absolute atomic E-state index is 14.1. The van der Waals surface area contributed by atoms with Crippen molar-refractivity contribution in [2.24, 2.45) is 4.99 Å². The molecular weight excluding hydrogens is 657 g/mol. The number of hydrogen-bond donors (Lipinski definition) is 2. The normalized spacial score (nSPS) is 14.2. The number of nitrogens with zero attached hydrogens (tertiary/aromatic N) is 2. The molecule has 0 saturated heterocycles. The highest BCUT2D eigenvalue weighted by atomic mass is 35.5. The van der Waals surface area contributed by atoms with Crippen LogP contribution in [0.25, 0.3) is 6.08 Å². The number of aromatic nitrogens is 1. The molecule has 12 heteroatoms. The predicted molar refractivity (Wildman–Crippen MR) is 181 cm³/mol. The molecular formula is C36H27ClFN3O6S. The van der Waals surface area contributed by atoms with E-state index >= 15 is 0 Å². The Labute approximate surface area is 282 Å². The van der Waals surface area contributed by atoms with Crippen LogP contribution in [0.2, 0.25) is 5.02 Å². The zero-order valence-corrected chi connectivity index (χ0v) is 27.1. The van der Waals surface area contributed by atoms with E-state index in [2.05, 4.69) is 10.3 Å². The zero-order valence-electron chi connectivity index (χ0n) is 25.6. The highest BCUT2D eigenvalue weighted by molar-refractivity contribution is 7.07. The van der Waals surface area contributed by atoms with E-state index in [1.807, 2.05) is 6.07 Å². The Kier molecular flexibility index (Phi) is 9.24. The summed E-state index contributed by atoms with van der Waals surface area (Å²) in [5.74, 6) is -1.38. The first-order chi connectivity index (χ1) is 23.1. The first-order valence-corrected chi connectivity index (χ1v) is 15.8. The molecule has 1 atom stereocenters. The average molecular weight is 684 g/mol. The number of benzene rings is 4. The topological polar surface area (TPSA) is 119 Å². The summed E-state index contributed by atoms with van der Waals surface area (Å²) in [6, 6.07) is 23.4. The maximum atomic E-state index is 14.1. The molecule has 0 spiro atoms. The molecule has 0 fully saturated rings. The van der Waals surface area contributed by atoms with Gasteiger partial charge in [-0.25, -0.2) is 14.2 Å². The molecule has 2 N–H and O–H groups in total. The maximum Gasteiger partial charge on any atom is 0.335 e. The second-order valence-electron chi connectivity index (χ2n) is 10.8. The second-order valence-corrected chi connectivity index (χ2v) is 12.2. The fourth-order valence-electron chi connectivity index (χ4n) is 5.36. The number of allylic oxidation sites excluding steroid dienone is 1. The number of carboxylic acids is 1. The number of thiazole rings is 1. The summed E-state index contributed by atoms with van der Waals surface area (Å²) < 4.78 is 27.2. The third-order valence-electron chi connectivity index (χ3n) is 7.59. The fourth-order valence-corrected chi connectivity index (χ4v) is 6.68. The molecule has 1 aliphatic rings. The van der Waals surface area contributed by atoms with E-state index in [0.29, 0.717) is 43.2 Å². The third-order valence-corrected chi connectivity index (χ3v) is 8.85. The van der Waals surface area contributed by atoms with Crippen LogP contribution >= 0.6 is 22.9 Å². The number of fused-ring (bicyclic) bond motifs is 1. The number of methoxy groups -OCH3 is 1. The van der Waals surface area contributed by atoms with Crippen LogP contribution in [0.3, 0.4) is 0 Å². The Morgan fingerprint density at radius 3 is 2.52 bits per heavy atom. The van der Waals surface area contributed by atoms with Crippen LogP contribution in [0.1, 0.15) is 40.0 Å². The third kappa shape index (κ3) is 6.64. The van der Waals surface area contributed by atoms with Crippen LogP contribution in [0.15, 0.2) is 112 Å². The number of carbonyl (C=O) groups excluding carboxylic acids is 1. The number of anilines is 1. The van der Waals surface area contributed by atoms with Crippen molar-refractivity contribution in [3.63, 3.8) is 0 Å². The summed E-state index contributed by atoms with van der Waals surface area (Å²) >= 11 is 7.76. The number of ether oxygens (including phenoxy) is 2. The number of rotatable bonds is 9. The van der Waals surface area contributed by atoms with Crippen molar-refractivity contribution in [1.29, 1.82) is 0 Å². The van der Waals surface area contributed by atoms with Crippen molar-refractivity contribution in [3.8, 4) is 11.5 Å². The molecule has 1 aliphatic heterocycles. The largest absolute Gasteiger partial charge is 0.493 e. The summed E-state index contributed by atoms with van der Waals surface area (Å²) in [6.07, 6.45) is 1.64. The monoisotopic (exact) mass is 683 g/mol. The lowest BCUT2D eigenvalue weighted by Gasteiger charge is -2.25. The lowest BCUT2D eigenvalue weighted by molar-refractivity contribution is -0.113. The second kappa shape index (κ2) is 13.7. The summed E-state index contributed by atoms with van der Waals surface area (Å²) in [5, 5.41) is 12.4. The number of hydrogen-bond acceptors (Lipinski definition) is 7. The van der Waals surface area contributed by atoms with Gasteiger partial charge in [0.05, 0.1) is 39.5 Å². The van der Waals surface area contributed by atoms with Gasteiger partial charge in [-0.1, -0.05) is 65.4 Å². The summed E-state index contributed by atoms with van der Waals surface area (Å²) in [7, 11) is 1.45. The standard InChI is InChI=1S/C36H27ClFN3O6S/c1-20-30(33(42)40-26-9-4-3-5-10-26)31(23-11-13-25(38)14-12-23)41-34(43)29(48-36(41)39-20)18-22-16-27(37)32(28(17-22)46-2)47-19-21-7-6-8-24(15-21)35(44)45/h3-18,31H,19H2,1-2H3,(H,40,42)(H,44,45)/b29-18+/t31-/m1/s1. The van der Waals surface area contributed by atoms with Crippen LogP contribution in [-0.4, -0.2) is 28.7 Å². The lowest BCUT2D eigenvalue weighted by Crippen LogP contribution is -2.40. The van der Waals surface area contributed by atoms with Crippen LogP contribution in [0.5, 0.6) is 11.5 Å². The van der Waals surface area contributed by atoms with Crippen LogP contribution in [0.4, 0.5) is 10.1 Å². The summed E-state index contributed by atoms with van der Waals surface area (Å²) in [4.78, 5) is 44.1. The number of para-hydroxylation sites is 1. The van der Waals surface area contributed by atoms with Crippen molar-refractivity contribution in [2.45, 2.75) is 19.6 Å². The Bertz CT molecular complexity index is 2270. The van der Waals surface area contributed by atoms with Crippen molar-refractivity contribution < 1.29 is 28.6 Å². The Morgan fingerprint density at radius 2 is 1.81 bits per heavy atom. The van der Waals surface area contributed by atoms with Gasteiger partial charge in [0.15, 0.2) is 16.3 Å². The highest BCUT2D eigenvalue weighted by Crippen LogP contribution is 2.37. The summed E-state index contributed by atoms with van der Waals surface area (Å²) in [5.41, 5.74) is 2.68. The van der Waals surface area contributed by atoms with E-state index in [-0.39, 0.29) is 28.5 Å². The van der Waals surface area contributed by atoms with Gasteiger partial charge < -0.3 is 19.9 Å². The minimum atomic E-state index is -1.05. The van der Waals surface area contributed by atoms with Crippen LogP contribution in [-0.2, 0) is 11.4 Å². The smallest absolute Gasteiger partial charge is 0.335 e. The molecule has 1 aromatic heterocycles.